The molecule has 1 saturated heterocycles. The van der Waals surface area contributed by atoms with E-state index in [9.17, 15) is 24.5 Å². The maximum Gasteiger partial charge on any atom is 0.305 e. The van der Waals surface area contributed by atoms with Crippen molar-refractivity contribution in [2.45, 2.75) is 29.2 Å². The van der Waals surface area contributed by atoms with Crippen molar-refractivity contribution in [1.82, 2.24) is 4.98 Å². The second-order valence-corrected chi connectivity index (χ2v) is 14.3. The molecule has 1 aromatic heterocycles. The number of benzene rings is 3. The number of nitro groups is 1. The zero-order valence-electron chi connectivity index (χ0n) is 22.9. The van der Waals surface area contributed by atoms with Gasteiger partial charge in [0.2, 0.25) is 11.8 Å². The van der Waals surface area contributed by atoms with Gasteiger partial charge in [-0.25, -0.2) is 0 Å². The predicted molar refractivity (Wildman–Crippen MR) is 166 cm³/mol. The molecule has 7 atom stereocenters. The summed E-state index contributed by atoms with van der Waals surface area (Å²) in [6.07, 6.45) is 0.757. The van der Waals surface area contributed by atoms with Crippen molar-refractivity contribution in [3.05, 3.63) is 114 Å². The number of para-hydroxylation sites is 1. The highest BCUT2D eigenvalue weighted by Crippen LogP contribution is 2.69. The summed E-state index contributed by atoms with van der Waals surface area (Å²) in [6.45, 7) is 0.341. The van der Waals surface area contributed by atoms with E-state index < -0.39 is 16.8 Å². The number of fused-ring (bicyclic) bond motifs is 9. The SMILES string of the molecule is O=C1C2C3CC(C2C(=O)N1c1ccc([N+](=O)[O-])cc1)C1C3Sc2[nH]c(=O)sc2[C@@H]1c1ccccc1OCc1ccc(Cl)cc1. The van der Waals surface area contributed by atoms with Crippen molar-refractivity contribution in [3.8, 4) is 5.75 Å². The fourth-order valence-electron chi connectivity index (χ4n) is 7.95. The summed E-state index contributed by atoms with van der Waals surface area (Å²) in [5.41, 5.74) is 2.19. The third kappa shape index (κ3) is 4.17. The number of nitro benzene ring substituents is 1. The number of ether oxygens (including phenoxy) is 1. The summed E-state index contributed by atoms with van der Waals surface area (Å²) in [7, 11) is 0. The number of carbonyl (C=O) groups is 2. The number of carbonyl (C=O) groups excluding carboxylic acids is 2. The summed E-state index contributed by atoms with van der Waals surface area (Å²) in [5, 5.41) is 12.7. The molecule has 2 bridgehead atoms. The first kappa shape index (κ1) is 27.6. The van der Waals surface area contributed by atoms with E-state index in [2.05, 4.69) is 4.98 Å². The zero-order chi connectivity index (χ0) is 30.3. The van der Waals surface area contributed by atoms with Crippen LogP contribution < -0.4 is 14.5 Å². The number of halogens is 1. The minimum atomic E-state index is -0.506. The van der Waals surface area contributed by atoms with E-state index in [4.69, 9.17) is 16.3 Å². The van der Waals surface area contributed by atoms with Crippen LogP contribution in [0, 0.1) is 39.7 Å². The normalized spacial score (nSPS) is 28.1. The maximum absolute atomic E-state index is 14.0. The lowest BCUT2D eigenvalue weighted by Gasteiger charge is -2.43. The molecule has 222 valence electrons. The molecular formula is C32H24ClN3O6S2. The number of non-ortho nitro benzene ring substituents is 1. The quantitative estimate of drug-likeness (QED) is 0.149. The van der Waals surface area contributed by atoms with E-state index in [-0.39, 0.29) is 51.3 Å². The topological polar surface area (TPSA) is 123 Å². The van der Waals surface area contributed by atoms with Gasteiger partial charge in [0, 0.05) is 38.8 Å². The number of aromatic nitrogens is 1. The van der Waals surface area contributed by atoms with Gasteiger partial charge in [0.1, 0.15) is 12.4 Å². The number of nitrogens with zero attached hydrogens (tertiary/aromatic N) is 2. The molecule has 2 saturated carbocycles. The molecular weight excluding hydrogens is 622 g/mol. The van der Waals surface area contributed by atoms with Gasteiger partial charge in [0.05, 0.1) is 27.5 Å². The summed E-state index contributed by atoms with van der Waals surface area (Å²) in [5.74, 6) is -0.996. The van der Waals surface area contributed by atoms with Crippen molar-refractivity contribution >= 4 is 57.9 Å². The van der Waals surface area contributed by atoms with Gasteiger partial charge in [-0.05, 0) is 60.1 Å². The van der Waals surface area contributed by atoms with Gasteiger partial charge < -0.3 is 9.72 Å². The number of hydrogen-bond acceptors (Lipinski definition) is 8. The first-order chi connectivity index (χ1) is 21.3. The lowest BCUT2D eigenvalue weighted by atomic mass is 9.68. The third-order valence-electron chi connectivity index (χ3n) is 9.60. The average molecular weight is 646 g/mol. The standard InChI is InChI=1S/C32H24ClN3O6S2/c33-16-7-5-15(6-8-16)14-42-22-4-2-1-3-19(22)23-24-20-13-21(27(24)43-29-28(23)44-32(39)34-29)26-25(20)30(37)35(31(26)38)17-9-11-18(12-10-17)36(40)41/h1-12,20-21,23-27H,13-14H2,(H,34,39)/t20?,21?,23-,24?,25?,26?,27?/m1/s1. The van der Waals surface area contributed by atoms with E-state index >= 15 is 0 Å². The van der Waals surface area contributed by atoms with Gasteiger partial charge in [-0.15, -0.1) is 11.8 Å². The number of anilines is 1. The van der Waals surface area contributed by atoms with Crippen LogP contribution in [0.1, 0.15) is 28.3 Å². The highest BCUT2D eigenvalue weighted by atomic mass is 35.5. The lowest BCUT2D eigenvalue weighted by molar-refractivity contribution is -0.384. The summed E-state index contributed by atoms with van der Waals surface area (Å²) in [6, 6.07) is 20.9. The average Bonchev–Trinajstić information content (AvgIpc) is 3.76. The largest absolute Gasteiger partial charge is 0.489 e. The Kier molecular flexibility index (Phi) is 6.48. The van der Waals surface area contributed by atoms with Crippen molar-refractivity contribution in [3.63, 3.8) is 0 Å². The molecule has 0 radical (unpaired) electrons. The van der Waals surface area contributed by atoms with Crippen LogP contribution in [-0.4, -0.2) is 27.0 Å². The minimum absolute atomic E-state index is 0.0130. The molecule has 9 nitrogen and oxygen atoms in total. The van der Waals surface area contributed by atoms with Gasteiger partial charge in [0.25, 0.3) is 5.69 Å². The lowest BCUT2D eigenvalue weighted by Crippen LogP contribution is -2.42. The Labute approximate surface area is 264 Å². The maximum atomic E-state index is 14.0. The predicted octanol–water partition coefficient (Wildman–Crippen LogP) is 6.25. The number of amides is 2. The monoisotopic (exact) mass is 645 g/mol. The smallest absolute Gasteiger partial charge is 0.305 e. The highest BCUT2D eigenvalue weighted by molar-refractivity contribution is 8.00. The first-order valence-electron chi connectivity index (χ1n) is 14.3. The molecule has 3 aromatic carbocycles. The highest BCUT2D eigenvalue weighted by Gasteiger charge is 2.69. The van der Waals surface area contributed by atoms with Crippen LogP contribution in [0.4, 0.5) is 11.4 Å². The number of imide groups is 1. The minimum Gasteiger partial charge on any atom is -0.489 e. The number of thioether (sulfide) groups is 1. The van der Waals surface area contributed by atoms with E-state index in [1.54, 1.807) is 11.8 Å². The first-order valence-corrected chi connectivity index (χ1v) is 16.4. The molecule has 2 amide bonds. The molecule has 4 aliphatic rings. The van der Waals surface area contributed by atoms with E-state index in [1.165, 1.54) is 40.5 Å². The van der Waals surface area contributed by atoms with Gasteiger partial charge in [0.15, 0.2) is 0 Å². The Morgan fingerprint density at radius 1 is 0.955 bits per heavy atom. The van der Waals surface area contributed by atoms with Crippen molar-refractivity contribution in [2.24, 2.45) is 29.6 Å². The molecule has 2 aliphatic heterocycles. The van der Waals surface area contributed by atoms with Crippen LogP contribution in [0.2, 0.25) is 5.02 Å². The molecule has 2 aliphatic carbocycles. The fourth-order valence-corrected chi connectivity index (χ4v) is 11.0. The Bertz CT molecular complexity index is 1890. The number of H-pyrrole nitrogens is 1. The molecule has 1 N–H and O–H groups in total. The van der Waals surface area contributed by atoms with E-state index in [0.717, 1.165) is 27.5 Å². The van der Waals surface area contributed by atoms with Crippen LogP contribution in [-0.2, 0) is 16.2 Å². The second-order valence-electron chi connectivity index (χ2n) is 11.7. The number of aromatic amines is 1. The molecule has 8 rings (SSSR count). The van der Waals surface area contributed by atoms with Gasteiger partial charge in [-0.3, -0.25) is 29.4 Å². The Morgan fingerprint density at radius 2 is 1.66 bits per heavy atom. The molecule has 4 aromatic rings. The van der Waals surface area contributed by atoms with Crippen LogP contribution in [0.3, 0.4) is 0 Å². The second kappa shape index (κ2) is 10.3. The van der Waals surface area contributed by atoms with Crippen LogP contribution in [0.15, 0.2) is 82.6 Å². The number of rotatable bonds is 6. The molecule has 6 unspecified atom stereocenters. The fraction of sp³-hybridized carbons (Fsp3) is 0.281. The molecule has 3 fully saturated rings. The summed E-state index contributed by atoms with van der Waals surface area (Å²) >= 11 is 8.89. The Balaban J connectivity index is 1.16. The molecule has 3 heterocycles. The number of thiazole rings is 1. The molecule has 12 heteroatoms. The van der Waals surface area contributed by atoms with Crippen molar-refractivity contribution in [2.75, 3.05) is 4.90 Å². The van der Waals surface area contributed by atoms with Crippen LogP contribution in [0.25, 0.3) is 0 Å². The van der Waals surface area contributed by atoms with Crippen LogP contribution >= 0.6 is 34.7 Å². The Hall–Kier alpha value is -3.93. The summed E-state index contributed by atoms with van der Waals surface area (Å²) in [4.78, 5) is 56.3. The zero-order valence-corrected chi connectivity index (χ0v) is 25.3. The Morgan fingerprint density at radius 3 is 2.39 bits per heavy atom. The van der Waals surface area contributed by atoms with Gasteiger partial charge in [-0.2, -0.15) is 0 Å². The summed E-state index contributed by atoms with van der Waals surface area (Å²) < 4.78 is 6.38. The van der Waals surface area contributed by atoms with E-state index in [1.807, 2.05) is 48.5 Å². The van der Waals surface area contributed by atoms with Gasteiger partial charge in [-0.1, -0.05) is 53.3 Å². The van der Waals surface area contributed by atoms with Gasteiger partial charge >= 0.3 is 4.87 Å². The number of hydrogen-bond donors (Lipinski definition) is 1. The third-order valence-corrected chi connectivity index (χ3v) is 12.4. The molecule has 44 heavy (non-hydrogen) atoms. The van der Waals surface area contributed by atoms with Crippen molar-refractivity contribution in [1.29, 1.82) is 0 Å². The van der Waals surface area contributed by atoms with Crippen LogP contribution in [0.5, 0.6) is 5.75 Å². The molecule has 0 spiro atoms. The van der Waals surface area contributed by atoms with Crippen molar-refractivity contribution < 1.29 is 19.2 Å². The number of nitrogens with one attached hydrogen (secondary N) is 1. The van der Waals surface area contributed by atoms with E-state index in [0.29, 0.717) is 23.1 Å².